The van der Waals surface area contributed by atoms with E-state index in [9.17, 15) is 40.3 Å². The quantitative estimate of drug-likeness (QED) is 0.379. The van der Waals surface area contributed by atoms with Gasteiger partial charge in [0.25, 0.3) is 5.91 Å². The monoisotopic (exact) mass is 616 g/mol. The molecule has 2 aromatic rings. The second kappa shape index (κ2) is 12.1. The SMILES string of the molecule is CCn1nc(C(=O)NCC2(O)CCC(S(C)(=O)=O)CC2)c(Cl)c1-c1cnc(CC(C)C(F)(F)F)cc1OC(F)F. The predicted molar refractivity (Wildman–Crippen MR) is 136 cm³/mol. The van der Waals surface area contributed by atoms with Crippen LogP contribution < -0.4 is 10.1 Å². The number of aromatic nitrogens is 3. The van der Waals surface area contributed by atoms with Gasteiger partial charge >= 0.3 is 12.8 Å². The molecule has 9 nitrogen and oxygen atoms in total. The first-order valence-corrected chi connectivity index (χ1v) is 14.7. The molecule has 224 valence electrons. The average Bonchev–Trinajstić information content (AvgIpc) is 3.17. The molecule has 3 rings (SSSR count). The molecule has 1 aliphatic carbocycles. The van der Waals surface area contributed by atoms with Crippen molar-refractivity contribution in [3.8, 4) is 17.0 Å². The van der Waals surface area contributed by atoms with Gasteiger partial charge in [-0.2, -0.15) is 27.1 Å². The Kier molecular flexibility index (Phi) is 9.72. The summed E-state index contributed by atoms with van der Waals surface area (Å²) in [5.74, 6) is -3.06. The smallest absolute Gasteiger partial charge is 0.391 e. The van der Waals surface area contributed by atoms with Gasteiger partial charge in [0, 0.05) is 43.7 Å². The van der Waals surface area contributed by atoms with Gasteiger partial charge in [-0.25, -0.2) is 8.42 Å². The third-order valence-electron chi connectivity index (χ3n) is 6.92. The molecule has 1 unspecified atom stereocenters. The number of nitrogens with zero attached hydrogens (tertiary/aromatic N) is 3. The summed E-state index contributed by atoms with van der Waals surface area (Å²) in [5.41, 5.74) is -1.89. The van der Waals surface area contributed by atoms with E-state index in [0.717, 1.165) is 25.4 Å². The topological polar surface area (TPSA) is 123 Å². The average molecular weight is 617 g/mol. The molecule has 1 atom stereocenters. The summed E-state index contributed by atoms with van der Waals surface area (Å²) in [6, 6.07) is 0.967. The maximum absolute atomic E-state index is 13.2. The molecule has 2 heterocycles. The molecule has 40 heavy (non-hydrogen) atoms. The van der Waals surface area contributed by atoms with E-state index in [1.54, 1.807) is 6.92 Å². The second-order valence-electron chi connectivity index (χ2n) is 9.96. The van der Waals surface area contributed by atoms with Crippen LogP contribution in [-0.4, -0.2) is 70.6 Å². The Labute approximate surface area is 233 Å². The van der Waals surface area contributed by atoms with Gasteiger partial charge in [0.2, 0.25) is 0 Å². The van der Waals surface area contributed by atoms with E-state index in [-0.39, 0.29) is 66.4 Å². The third-order valence-corrected chi connectivity index (χ3v) is 8.96. The summed E-state index contributed by atoms with van der Waals surface area (Å²) in [4.78, 5) is 16.9. The highest BCUT2D eigenvalue weighted by atomic mass is 35.5. The number of amides is 1. The van der Waals surface area contributed by atoms with Gasteiger partial charge in [0.05, 0.1) is 33.0 Å². The van der Waals surface area contributed by atoms with Gasteiger partial charge < -0.3 is 15.2 Å². The second-order valence-corrected chi connectivity index (χ2v) is 12.7. The van der Waals surface area contributed by atoms with Gasteiger partial charge in [0.15, 0.2) is 5.69 Å². The molecule has 1 saturated carbocycles. The summed E-state index contributed by atoms with van der Waals surface area (Å²) >= 11 is 6.46. The van der Waals surface area contributed by atoms with E-state index >= 15 is 0 Å². The standard InChI is InChI=1S/C24H30ClF5N4O5S/c1-4-34-20(16-11-31-14(9-13(2)24(28,29)30)10-17(16)39-22(26)27)18(25)19(33-34)21(35)32-12-23(36)7-5-15(6-8-23)40(3,37)38/h10-11,13,15,22,36H,4-9,12H2,1-3H3,(H,32,35). The van der Waals surface area contributed by atoms with Crippen LogP contribution in [0.1, 0.15) is 55.7 Å². The van der Waals surface area contributed by atoms with Crippen LogP contribution in [0.4, 0.5) is 22.0 Å². The number of rotatable bonds is 10. The fraction of sp³-hybridized carbons (Fsp3) is 0.625. The van der Waals surface area contributed by atoms with Crippen molar-refractivity contribution in [1.29, 1.82) is 0 Å². The van der Waals surface area contributed by atoms with Crippen LogP contribution in [0.25, 0.3) is 11.3 Å². The maximum Gasteiger partial charge on any atom is 0.391 e. The number of halogens is 6. The molecular weight excluding hydrogens is 587 g/mol. The molecule has 0 aliphatic heterocycles. The molecule has 2 aromatic heterocycles. The van der Waals surface area contributed by atoms with Gasteiger partial charge in [-0.1, -0.05) is 18.5 Å². The number of aliphatic hydroxyl groups is 1. The predicted octanol–water partition coefficient (Wildman–Crippen LogP) is 4.41. The number of carbonyl (C=O) groups is 1. The number of sulfone groups is 1. The Hall–Kier alpha value is -2.52. The van der Waals surface area contributed by atoms with E-state index in [0.29, 0.717) is 0 Å². The van der Waals surface area contributed by atoms with Crippen LogP contribution >= 0.6 is 11.6 Å². The number of pyridine rings is 1. The first-order valence-electron chi connectivity index (χ1n) is 12.4. The summed E-state index contributed by atoms with van der Waals surface area (Å²) in [5, 5.41) is 16.7. The highest BCUT2D eigenvalue weighted by molar-refractivity contribution is 7.91. The van der Waals surface area contributed by atoms with Crippen LogP contribution in [0.3, 0.4) is 0 Å². The third kappa shape index (κ3) is 7.60. The highest BCUT2D eigenvalue weighted by Gasteiger charge is 2.38. The molecule has 1 amide bonds. The Morgan fingerprint density at radius 3 is 2.48 bits per heavy atom. The lowest BCUT2D eigenvalue weighted by Gasteiger charge is -2.35. The van der Waals surface area contributed by atoms with E-state index in [2.05, 4.69) is 20.1 Å². The van der Waals surface area contributed by atoms with Crippen LogP contribution in [0.5, 0.6) is 5.75 Å². The zero-order chi connectivity index (χ0) is 30.0. The zero-order valence-electron chi connectivity index (χ0n) is 21.9. The molecule has 0 aromatic carbocycles. The first-order chi connectivity index (χ1) is 18.4. The van der Waals surface area contributed by atoms with Crippen molar-refractivity contribution in [2.45, 2.75) is 76.1 Å². The molecule has 16 heteroatoms. The van der Waals surface area contributed by atoms with Crippen LogP contribution in [0, 0.1) is 5.92 Å². The van der Waals surface area contributed by atoms with Crippen LogP contribution in [-0.2, 0) is 22.8 Å². The summed E-state index contributed by atoms with van der Waals surface area (Å²) < 4.78 is 94.8. The number of ether oxygens (including phenoxy) is 1. The number of aryl methyl sites for hydroxylation is 1. The molecule has 1 aliphatic rings. The number of hydrogen-bond donors (Lipinski definition) is 2. The minimum Gasteiger partial charge on any atom is -0.434 e. The van der Waals surface area contributed by atoms with Crippen LogP contribution in [0.15, 0.2) is 12.3 Å². The minimum absolute atomic E-state index is 0.0136. The Morgan fingerprint density at radius 1 is 1.32 bits per heavy atom. The molecule has 0 radical (unpaired) electrons. The lowest BCUT2D eigenvalue weighted by Crippen LogP contribution is -2.47. The van der Waals surface area contributed by atoms with Crippen molar-refractivity contribution in [3.63, 3.8) is 0 Å². The summed E-state index contributed by atoms with van der Waals surface area (Å²) in [7, 11) is -3.25. The van der Waals surface area contributed by atoms with Crippen LogP contribution in [0.2, 0.25) is 5.02 Å². The minimum atomic E-state index is -4.52. The van der Waals surface area contributed by atoms with Crippen molar-refractivity contribution in [2.24, 2.45) is 5.92 Å². The number of hydrogen-bond acceptors (Lipinski definition) is 7. The van der Waals surface area contributed by atoms with Gasteiger partial charge in [0.1, 0.15) is 15.6 Å². The van der Waals surface area contributed by atoms with Gasteiger partial charge in [-0.05, 0) is 32.6 Å². The van der Waals surface area contributed by atoms with E-state index in [1.807, 2.05) is 0 Å². The van der Waals surface area contributed by atoms with Crippen molar-refractivity contribution >= 4 is 27.3 Å². The molecular formula is C24H30ClF5N4O5S. The summed E-state index contributed by atoms with van der Waals surface area (Å²) in [6.45, 7) is -0.823. The van der Waals surface area contributed by atoms with Crippen molar-refractivity contribution < 1.29 is 45.0 Å². The fourth-order valence-corrected chi connectivity index (χ4v) is 5.94. The maximum atomic E-state index is 13.2. The van der Waals surface area contributed by atoms with E-state index in [1.165, 1.54) is 4.68 Å². The Balaban J connectivity index is 1.86. The largest absolute Gasteiger partial charge is 0.434 e. The highest BCUT2D eigenvalue weighted by Crippen LogP contribution is 2.39. The normalized spacial score (nSPS) is 20.9. The summed E-state index contributed by atoms with van der Waals surface area (Å²) in [6.07, 6.45) is -2.16. The molecule has 0 saturated heterocycles. The lowest BCUT2D eigenvalue weighted by atomic mass is 9.84. The zero-order valence-corrected chi connectivity index (χ0v) is 23.5. The lowest BCUT2D eigenvalue weighted by molar-refractivity contribution is -0.169. The van der Waals surface area contributed by atoms with Crippen molar-refractivity contribution in [2.75, 3.05) is 12.8 Å². The Morgan fingerprint density at radius 2 is 1.95 bits per heavy atom. The number of carbonyl (C=O) groups excluding carboxylic acids is 1. The molecule has 1 fully saturated rings. The van der Waals surface area contributed by atoms with Gasteiger partial charge in [-0.15, -0.1) is 0 Å². The number of nitrogens with one attached hydrogen (secondary N) is 1. The number of alkyl halides is 5. The van der Waals surface area contributed by atoms with E-state index in [4.69, 9.17) is 11.6 Å². The van der Waals surface area contributed by atoms with Crippen molar-refractivity contribution in [3.05, 3.63) is 28.7 Å². The molecule has 0 bridgehead atoms. The molecule has 0 spiro atoms. The van der Waals surface area contributed by atoms with Gasteiger partial charge in [-0.3, -0.25) is 14.5 Å². The fourth-order valence-electron chi connectivity index (χ4n) is 4.52. The first kappa shape index (κ1) is 32.0. The Bertz CT molecular complexity index is 1330. The van der Waals surface area contributed by atoms with E-state index < -0.39 is 57.5 Å². The molecule has 2 N–H and O–H groups in total. The van der Waals surface area contributed by atoms with Crippen molar-refractivity contribution in [1.82, 2.24) is 20.1 Å².